The molecule has 1 fully saturated rings. The summed E-state index contributed by atoms with van der Waals surface area (Å²) in [5.41, 5.74) is 9.11. The van der Waals surface area contributed by atoms with Gasteiger partial charge in [0.15, 0.2) is 0 Å². The number of nitrogens with two attached hydrogens (primary N) is 1. The van der Waals surface area contributed by atoms with E-state index >= 15 is 0 Å². The molecule has 1 aromatic rings. The van der Waals surface area contributed by atoms with E-state index in [4.69, 9.17) is 5.73 Å². The number of hydrogen-bond acceptors (Lipinski definition) is 1. The Bertz CT molecular complexity index is 489. The summed E-state index contributed by atoms with van der Waals surface area (Å²) < 4.78 is 13.5. The Morgan fingerprint density at radius 2 is 1.95 bits per heavy atom. The van der Waals surface area contributed by atoms with Crippen LogP contribution in [0.25, 0.3) is 0 Å². The van der Waals surface area contributed by atoms with Gasteiger partial charge >= 0.3 is 0 Å². The second-order valence-electron chi connectivity index (χ2n) is 8.10. The van der Waals surface area contributed by atoms with Crippen LogP contribution >= 0.6 is 0 Å². The molecule has 1 aliphatic carbocycles. The van der Waals surface area contributed by atoms with Crippen LogP contribution in [-0.4, -0.2) is 5.54 Å². The smallest absolute Gasteiger partial charge is 0.123 e. The maximum absolute atomic E-state index is 13.5. The van der Waals surface area contributed by atoms with Crippen molar-refractivity contribution in [1.29, 1.82) is 0 Å². The Morgan fingerprint density at radius 3 is 2.62 bits per heavy atom. The van der Waals surface area contributed by atoms with Crippen LogP contribution < -0.4 is 5.73 Å². The second kappa shape index (κ2) is 6.08. The quantitative estimate of drug-likeness (QED) is 0.762. The van der Waals surface area contributed by atoms with Gasteiger partial charge in [0.2, 0.25) is 0 Å². The van der Waals surface area contributed by atoms with Crippen LogP contribution in [-0.2, 0) is 6.42 Å². The average molecular weight is 291 g/mol. The molecule has 0 radical (unpaired) electrons. The normalized spacial score (nSPS) is 27.4. The molecule has 0 aliphatic heterocycles. The lowest BCUT2D eigenvalue weighted by Crippen LogP contribution is -2.42. The highest BCUT2D eigenvalue weighted by Gasteiger charge is 2.33. The minimum Gasteiger partial charge on any atom is -0.325 e. The highest BCUT2D eigenvalue weighted by molar-refractivity contribution is 5.28. The van der Waals surface area contributed by atoms with Gasteiger partial charge in [0.25, 0.3) is 0 Å². The summed E-state index contributed by atoms with van der Waals surface area (Å²) in [7, 11) is 0. The molecule has 118 valence electrons. The Hall–Kier alpha value is -0.890. The summed E-state index contributed by atoms with van der Waals surface area (Å²) in [5, 5.41) is 0. The van der Waals surface area contributed by atoms with Gasteiger partial charge < -0.3 is 5.73 Å². The van der Waals surface area contributed by atoms with Crippen LogP contribution in [0.5, 0.6) is 0 Å². The zero-order chi connectivity index (χ0) is 15.7. The van der Waals surface area contributed by atoms with Gasteiger partial charge in [0.05, 0.1) is 0 Å². The predicted molar refractivity (Wildman–Crippen MR) is 87.8 cm³/mol. The molecule has 1 saturated carbocycles. The van der Waals surface area contributed by atoms with Crippen LogP contribution in [0.15, 0.2) is 18.2 Å². The van der Waals surface area contributed by atoms with Crippen molar-refractivity contribution in [3.63, 3.8) is 0 Å². The molecule has 1 aliphatic rings. The molecular weight excluding hydrogens is 261 g/mol. The molecule has 21 heavy (non-hydrogen) atoms. The van der Waals surface area contributed by atoms with E-state index in [9.17, 15) is 4.39 Å². The van der Waals surface area contributed by atoms with Gasteiger partial charge in [0, 0.05) is 5.54 Å². The predicted octanol–water partition coefficient (Wildman–Crippen LogP) is 5.00. The first kappa shape index (κ1) is 16.5. The van der Waals surface area contributed by atoms with Crippen molar-refractivity contribution in [3.8, 4) is 0 Å². The van der Waals surface area contributed by atoms with E-state index in [0.29, 0.717) is 5.41 Å². The maximum atomic E-state index is 13.5. The van der Waals surface area contributed by atoms with Crippen LogP contribution in [0.3, 0.4) is 0 Å². The van der Waals surface area contributed by atoms with Gasteiger partial charge in [-0.25, -0.2) is 4.39 Å². The molecule has 2 unspecified atom stereocenters. The van der Waals surface area contributed by atoms with E-state index in [1.165, 1.54) is 25.3 Å². The van der Waals surface area contributed by atoms with Gasteiger partial charge in [-0.05, 0) is 73.6 Å². The fourth-order valence-electron chi connectivity index (χ4n) is 3.68. The SMILES string of the molecule is Cc1ccc(F)cc1CC1(N)CCCC(C(C)(C)C)CC1. The third-order valence-corrected chi connectivity index (χ3v) is 5.30. The van der Waals surface area contributed by atoms with Crippen molar-refractivity contribution in [1.82, 2.24) is 0 Å². The van der Waals surface area contributed by atoms with Crippen molar-refractivity contribution in [3.05, 3.63) is 35.1 Å². The zero-order valence-corrected chi connectivity index (χ0v) is 14.0. The highest BCUT2D eigenvalue weighted by atomic mass is 19.1. The van der Waals surface area contributed by atoms with E-state index in [0.717, 1.165) is 36.3 Å². The summed E-state index contributed by atoms with van der Waals surface area (Å²) in [5.74, 6) is 0.594. The molecule has 2 rings (SSSR count). The Balaban J connectivity index is 2.10. The number of benzene rings is 1. The highest BCUT2D eigenvalue weighted by Crippen LogP contribution is 2.40. The number of hydrogen-bond donors (Lipinski definition) is 1. The van der Waals surface area contributed by atoms with Gasteiger partial charge in [0.1, 0.15) is 5.82 Å². The van der Waals surface area contributed by atoms with Crippen LogP contribution in [0, 0.1) is 24.1 Å². The molecular formula is C19H30FN. The number of halogens is 1. The summed E-state index contributed by atoms with van der Waals surface area (Å²) in [6.07, 6.45) is 6.54. The molecule has 0 heterocycles. The largest absolute Gasteiger partial charge is 0.325 e. The average Bonchev–Trinajstić information content (AvgIpc) is 2.55. The fraction of sp³-hybridized carbons (Fsp3) is 0.684. The molecule has 2 heteroatoms. The molecule has 0 saturated heterocycles. The van der Waals surface area contributed by atoms with Crippen LogP contribution in [0.4, 0.5) is 4.39 Å². The van der Waals surface area contributed by atoms with E-state index in [1.807, 2.05) is 13.0 Å². The molecule has 0 spiro atoms. The van der Waals surface area contributed by atoms with Gasteiger partial charge in [-0.15, -0.1) is 0 Å². The van der Waals surface area contributed by atoms with Gasteiger partial charge in [-0.2, -0.15) is 0 Å². The van der Waals surface area contributed by atoms with Crippen molar-refractivity contribution >= 4 is 0 Å². The lowest BCUT2D eigenvalue weighted by molar-refractivity contribution is 0.210. The summed E-state index contributed by atoms with van der Waals surface area (Å²) >= 11 is 0. The van der Waals surface area contributed by atoms with Gasteiger partial charge in [-0.3, -0.25) is 0 Å². The first-order chi connectivity index (χ1) is 9.70. The second-order valence-corrected chi connectivity index (χ2v) is 8.10. The third kappa shape index (κ3) is 4.29. The first-order valence-electron chi connectivity index (χ1n) is 8.24. The topological polar surface area (TPSA) is 26.0 Å². The van der Waals surface area contributed by atoms with E-state index in [2.05, 4.69) is 20.8 Å². The first-order valence-corrected chi connectivity index (χ1v) is 8.24. The van der Waals surface area contributed by atoms with E-state index < -0.39 is 0 Å². The molecule has 0 bridgehead atoms. The Kier molecular flexibility index (Phi) is 4.77. The third-order valence-electron chi connectivity index (χ3n) is 5.30. The minimum absolute atomic E-state index is 0.152. The standard InChI is InChI=1S/C19H30FN/c1-14-7-8-17(20)12-15(14)13-19(21)10-5-6-16(9-11-19)18(2,3)4/h7-8,12,16H,5-6,9-11,13,21H2,1-4H3. The van der Waals surface area contributed by atoms with Crippen LogP contribution in [0.1, 0.15) is 64.0 Å². The van der Waals surface area contributed by atoms with E-state index in [1.54, 1.807) is 6.07 Å². The summed E-state index contributed by atoms with van der Waals surface area (Å²) in [6, 6.07) is 5.06. The molecule has 2 atom stereocenters. The lowest BCUT2D eigenvalue weighted by Gasteiger charge is -2.32. The molecule has 1 nitrogen and oxygen atoms in total. The molecule has 0 amide bonds. The molecule has 1 aromatic carbocycles. The number of rotatable bonds is 2. The summed E-state index contributed by atoms with van der Waals surface area (Å²) in [4.78, 5) is 0. The Morgan fingerprint density at radius 1 is 1.24 bits per heavy atom. The number of aryl methyl sites for hydroxylation is 1. The monoisotopic (exact) mass is 291 g/mol. The summed E-state index contributed by atoms with van der Waals surface area (Å²) in [6.45, 7) is 9.04. The molecule has 0 aromatic heterocycles. The lowest BCUT2D eigenvalue weighted by atomic mass is 9.76. The zero-order valence-electron chi connectivity index (χ0n) is 14.0. The van der Waals surface area contributed by atoms with E-state index in [-0.39, 0.29) is 11.4 Å². The van der Waals surface area contributed by atoms with Crippen LogP contribution in [0.2, 0.25) is 0 Å². The Labute approximate surface area is 129 Å². The van der Waals surface area contributed by atoms with Gasteiger partial charge in [-0.1, -0.05) is 33.3 Å². The fourth-order valence-corrected chi connectivity index (χ4v) is 3.68. The van der Waals surface area contributed by atoms with Crippen molar-refractivity contribution in [2.75, 3.05) is 0 Å². The van der Waals surface area contributed by atoms with Crippen molar-refractivity contribution < 1.29 is 4.39 Å². The minimum atomic E-state index is -0.168. The maximum Gasteiger partial charge on any atom is 0.123 e. The molecule has 2 N–H and O–H groups in total. The van der Waals surface area contributed by atoms with Crippen molar-refractivity contribution in [2.45, 2.75) is 71.8 Å². The van der Waals surface area contributed by atoms with Crippen molar-refractivity contribution in [2.24, 2.45) is 17.1 Å².